The molecule has 0 fully saturated rings. The van der Waals surface area contributed by atoms with Crippen molar-refractivity contribution in [3.05, 3.63) is 64.1 Å². The lowest BCUT2D eigenvalue weighted by molar-refractivity contribution is -0.130. The molecule has 0 saturated heterocycles. The van der Waals surface area contributed by atoms with E-state index in [2.05, 4.69) is 21.2 Å². The number of carbonyl (C=O) groups excluding carboxylic acids is 3. The van der Waals surface area contributed by atoms with Crippen molar-refractivity contribution in [2.45, 2.75) is 38.5 Å². The molecule has 3 atom stereocenters. The Hall–Kier alpha value is -4.68. The molecule has 13 nitrogen and oxygen atoms in total. The molecule has 3 aromatic rings. The van der Waals surface area contributed by atoms with Crippen molar-refractivity contribution >= 4 is 71.7 Å². The average molecular weight is 715 g/mol. The summed E-state index contributed by atoms with van der Waals surface area (Å²) in [7, 11) is -1.16. The van der Waals surface area contributed by atoms with Gasteiger partial charge in [0.2, 0.25) is 11.8 Å². The Bertz CT molecular complexity index is 1890. The second-order valence-electron chi connectivity index (χ2n) is 11.0. The SMILES string of the molecule is COc1ccc2c(Br)cccc2c1CN1C(=O)[C@@H](NC(=O)[C@H](C)N(C)C(=O)O)[C@H](C)N(C(=O)CS(C)(=O)=O)c2ccc(C#N)cc21. The van der Waals surface area contributed by atoms with Crippen LogP contribution in [-0.2, 0) is 30.8 Å². The molecule has 3 aromatic carbocycles. The topological polar surface area (TPSA) is 177 Å². The van der Waals surface area contributed by atoms with Crippen molar-refractivity contribution in [2.75, 3.05) is 36.0 Å². The number of hydrogen-bond acceptors (Lipinski definition) is 8. The lowest BCUT2D eigenvalue weighted by Crippen LogP contribution is -2.60. The number of fused-ring (bicyclic) bond motifs is 2. The van der Waals surface area contributed by atoms with E-state index in [0.29, 0.717) is 11.3 Å². The van der Waals surface area contributed by atoms with Gasteiger partial charge in [0.1, 0.15) is 23.6 Å². The smallest absolute Gasteiger partial charge is 0.407 e. The highest BCUT2D eigenvalue weighted by atomic mass is 79.9. The molecular formula is C31H32BrN5O8S. The minimum Gasteiger partial charge on any atom is -0.496 e. The number of methoxy groups -OCH3 is 1. The molecule has 0 aromatic heterocycles. The Labute approximate surface area is 274 Å². The number of nitrogens with zero attached hydrogens (tertiary/aromatic N) is 4. The van der Waals surface area contributed by atoms with E-state index in [9.17, 15) is 38.0 Å². The first kappa shape index (κ1) is 34.2. The molecule has 46 heavy (non-hydrogen) atoms. The van der Waals surface area contributed by atoms with E-state index in [1.807, 2.05) is 30.3 Å². The third kappa shape index (κ3) is 6.77. The Balaban J connectivity index is 1.97. The van der Waals surface area contributed by atoms with E-state index in [-0.39, 0.29) is 23.5 Å². The quantitative estimate of drug-likeness (QED) is 0.355. The number of nitriles is 1. The number of ether oxygens (including phenoxy) is 1. The number of halogens is 1. The van der Waals surface area contributed by atoms with Crippen LogP contribution in [0.15, 0.2) is 53.0 Å². The Morgan fingerprint density at radius 3 is 2.46 bits per heavy atom. The van der Waals surface area contributed by atoms with Crippen LogP contribution in [0.1, 0.15) is 25.0 Å². The van der Waals surface area contributed by atoms with Gasteiger partial charge in [-0.25, -0.2) is 13.2 Å². The summed E-state index contributed by atoms with van der Waals surface area (Å²) in [6.07, 6.45) is -0.474. The summed E-state index contributed by atoms with van der Waals surface area (Å²) in [5.41, 5.74) is 1.00. The van der Waals surface area contributed by atoms with Crippen LogP contribution in [0.5, 0.6) is 5.75 Å². The predicted molar refractivity (Wildman–Crippen MR) is 174 cm³/mol. The first-order valence-corrected chi connectivity index (χ1v) is 16.8. The van der Waals surface area contributed by atoms with Crippen LogP contribution in [0, 0.1) is 11.3 Å². The highest BCUT2D eigenvalue weighted by molar-refractivity contribution is 9.10. The molecule has 15 heteroatoms. The van der Waals surface area contributed by atoms with Crippen molar-refractivity contribution in [3.63, 3.8) is 0 Å². The lowest BCUT2D eigenvalue weighted by atomic mass is 10.0. The van der Waals surface area contributed by atoms with Gasteiger partial charge in [0, 0.05) is 23.3 Å². The maximum Gasteiger partial charge on any atom is 0.407 e. The Morgan fingerprint density at radius 1 is 1.15 bits per heavy atom. The number of nitrogens with one attached hydrogen (secondary N) is 1. The zero-order valence-electron chi connectivity index (χ0n) is 25.6. The molecule has 0 radical (unpaired) electrons. The number of amides is 4. The summed E-state index contributed by atoms with van der Waals surface area (Å²) in [4.78, 5) is 56.4. The minimum absolute atomic E-state index is 0.124. The molecule has 0 spiro atoms. The van der Waals surface area contributed by atoms with Crippen LogP contribution in [-0.4, -0.2) is 86.5 Å². The highest BCUT2D eigenvalue weighted by Crippen LogP contribution is 2.40. The first-order chi connectivity index (χ1) is 21.6. The standard InChI is InChI=1S/C31H32BrN5O8S/c1-17-28(34-29(39)18(2)35(3)31(41)42)30(40)36(15-22-20-7-6-8-23(32)21(20)10-12-26(22)45-4)25-13-19(14-33)9-11-24(25)37(17)27(38)16-46(5,43)44/h6-13,17-18,28H,15-16H2,1-5H3,(H,34,39)(H,41,42)/t17-,18-,28-/m0/s1. The number of sulfone groups is 1. The van der Waals surface area contributed by atoms with Gasteiger partial charge in [0.25, 0.3) is 5.91 Å². The van der Waals surface area contributed by atoms with Crippen molar-refractivity contribution in [1.82, 2.24) is 10.2 Å². The van der Waals surface area contributed by atoms with Crippen molar-refractivity contribution in [1.29, 1.82) is 5.26 Å². The van der Waals surface area contributed by atoms with Crippen molar-refractivity contribution < 1.29 is 37.4 Å². The fourth-order valence-electron chi connectivity index (χ4n) is 5.36. The number of benzene rings is 3. The summed E-state index contributed by atoms with van der Waals surface area (Å²) < 4.78 is 31.0. The van der Waals surface area contributed by atoms with E-state index < -0.39 is 57.5 Å². The fourth-order valence-corrected chi connectivity index (χ4v) is 6.45. The van der Waals surface area contributed by atoms with E-state index >= 15 is 0 Å². The van der Waals surface area contributed by atoms with E-state index in [4.69, 9.17) is 4.74 Å². The second kappa shape index (κ2) is 13.4. The molecule has 1 heterocycles. The van der Waals surface area contributed by atoms with Gasteiger partial charge in [-0.15, -0.1) is 0 Å². The molecule has 4 rings (SSSR count). The third-order valence-electron chi connectivity index (χ3n) is 7.90. The molecule has 1 aliphatic heterocycles. The molecule has 1 aliphatic rings. The van der Waals surface area contributed by atoms with Gasteiger partial charge in [-0.1, -0.05) is 28.1 Å². The Morgan fingerprint density at radius 2 is 1.85 bits per heavy atom. The zero-order chi connectivity index (χ0) is 34.1. The summed E-state index contributed by atoms with van der Waals surface area (Å²) in [6.45, 7) is 2.68. The number of carboxylic acid groups (broad SMARTS) is 1. The third-order valence-corrected chi connectivity index (χ3v) is 9.37. The van der Waals surface area contributed by atoms with E-state index in [1.165, 1.54) is 51.1 Å². The summed E-state index contributed by atoms with van der Waals surface area (Å²) in [5, 5.41) is 23.4. The molecule has 4 amide bonds. The van der Waals surface area contributed by atoms with Gasteiger partial charge < -0.3 is 25.0 Å². The van der Waals surface area contributed by atoms with Crippen molar-refractivity contribution in [3.8, 4) is 11.8 Å². The number of rotatable bonds is 8. The van der Waals surface area contributed by atoms with Gasteiger partial charge in [-0.2, -0.15) is 5.26 Å². The second-order valence-corrected chi connectivity index (χ2v) is 13.9. The lowest BCUT2D eigenvalue weighted by Gasteiger charge is -2.33. The molecule has 0 aliphatic carbocycles. The van der Waals surface area contributed by atoms with Crippen LogP contribution in [0.2, 0.25) is 0 Å². The number of hydrogen-bond donors (Lipinski definition) is 2. The average Bonchev–Trinajstić information content (AvgIpc) is 3.08. The Kier molecular flexibility index (Phi) is 9.93. The number of anilines is 2. The van der Waals surface area contributed by atoms with Gasteiger partial charge in [0.15, 0.2) is 9.84 Å². The van der Waals surface area contributed by atoms with Gasteiger partial charge in [0.05, 0.1) is 42.7 Å². The van der Waals surface area contributed by atoms with Crippen LogP contribution in [0.25, 0.3) is 10.8 Å². The summed E-state index contributed by atoms with van der Waals surface area (Å²) >= 11 is 3.56. The largest absolute Gasteiger partial charge is 0.496 e. The van der Waals surface area contributed by atoms with Crippen LogP contribution in [0.4, 0.5) is 16.2 Å². The highest BCUT2D eigenvalue weighted by Gasteiger charge is 2.43. The number of carbonyl (C=O) groups is 4. The molecule has 0 saturated carbocycles. The van der Waals surface area contributed by atoms with Gasteiger partial charge in [-0.3, -0.25) is 19.3 Å². The van der Waals surface area contributed by atoms with Gasteiger partial charge >= 0.3 is 6.09 Å². The summed E-state index contributed by atoms with van der Waals surface area (Å²) in [5.74, 6) is -2.82. The molecule has 0 unspecified atom stereocenters. The molecule has 0 bridgehead atoms. The molecule has 242 valence electrons. The van der Waals surface area contributed by atoms with Crippen LogP contribution >= 0.6 is 15.9 Å². The zero-order valence-corrected chi connectivity index (χ0v) is 28.0. The van der Waals surface area contributed by atoms with Gasteiger partial charge in [-0.05, 0) is 61.0 Å². The minimum atomic E-state index is -3.83. The van der Waals surface area contributed by atoms with Crippen LogP contribution < -0.4 is 19.9 Å². The fraction of sp³-hybridized carbons (Fsp3) is 0.323. The predicted octanol–water partition coefficient (Wildman–Crippen LogP) is 3.28. The van der Waals surface area contributed by atoms with E-state index in [1.54, 1.807) is 6.07 Å². The monoisotopic (exact) mass is 713 g/mol. The first-order valence-electron chi connectivity index (χ1n) is 13.9. The maximum absolute atomic E-state index is 14.6. The molecule has 2 N–H and O–H groups in total. The van der Waals surface area contributed by atoms with E-state index in [0.717, 1.165) is 31.3 Å². The normalized spacial score (nSPS) is 17.0. The molecular weight excluding hydrogens is 682 g/mol. The van der Waals surface area contributed by atoms with Crippen molar-refractivity contribution in [2.24, 2.45) is 0 Å². The maximum atomic E-state index is 14.6. The van der Waals surface area contributed by atoms with Crippen LogP contribution in [0.3, 0.4) is 0 Å². The number of likely N-dealkylation sites (N-methyl/N-ethyl adjacent to an activating group) is 1. The summed E-state index contributed by atoms with van der Waals surface area (Å²) in [6, 6.07) is 11.6.